The van der Waals surface area contributed by atoms with Crippen molar-refractivity contribution in [2.75, 3.05) is 13.6 Å². The molecular weight excluding hydrogens is 182 g/mol. The van der Waals surface area contributed by atoms with Gasteiger partial charge < -0.3 is 16.4 Å². The van der Waals surface area contributed by atoms with Crippen molar-refractivity contribution in [1.82, 2.24) is 10.6 Å². The molecule has 0 radical (unpaired) electrons. The van der Waals surface area contributed by atoms with Gasteiger partial charge >= 0.3 is 0 Å². The second-order valence-corrected chi connectivity index (χ2v) is 3.94. The van der Waals surface area contributed by atoms with Crippen molar-refractivity contribution >= 4 is 11.8 Å². The van der Waals surface area contributed by atoms with Crippen LogP contribution in [0.3, 0.4) is 0 Å². The highest BCUT2D eigenvalue weighted by Crippen LogP contribution is 2.02. The van der Waals surface area contributed by atoms with Gasteiger partial charge in [0.15, 0.2) is 0 Å². The van der Waals surface area contributed by atoms with Crippen molar-refractivity contribution in [3.63, 3.8) is 0 Å². The molecule has 82 valence electrons. The molecule has 0 bridgehead atoms. The molecule has 0 heterocycles. The molecule has 0 aliphatic rings. The van der Waals surface area contributed by atoms with Crippen LogP contribution in [0.1, 0.15) is 26.7 Å². The van der Waals surface area contributed by atoms with Crippen LogP contribution in [-0.4, -0.2) is 30.9 Å². The van der Waals surface area contributed by atoms with Crippen LogP contribution in [-0.2, 0) is 9.59 Å². The molecule has 2 amide bonds. The van der Waals surface area contributed by atoms with Gasteiger partial charge in [-0.2, -0.15) is 0 Å². The summed E-state index contributed by atoms with van der Waals surface area (Å²) in [5.74, 6) is -0.210. The largest absolute Gasteiger partial charge is 0.359 e. The minimum absolute atomic E-state index is 0.0858. The maximum atomic E-state index is 11.2. The Morgan fingerprint density at radius 3 is 2.29 bits per heavy atom. The van der Waals surface area contributed by atoms with Gasteiger partial charge in [0.2, 0.25) is 11.8 Å². The van der Waals surface area contributed by atoms with Crippen molar-refractivity contribution in [3.05, 3.63) is 0 Å². The lowest BCUT2D eigenvalue weighted by Crippen LogP contribution is -2.39. The molecule has 0 aromatic rings. The monoisotopic (exact) mass is 201 g/mol. The number of hydrogen-bond acceptors (Lipinski definition) is 3. The Labute approximate surface area is 84.4 Å². The molecule has 0 saturated carbocycles. The first-order chi connectivity index (χ1) is 6.35. The van der Waals surface area contributed by atoms with Gasteiger partial charge in [-0.15, -0.1) is 0 Å². The first-order valence-corrected chi connectivity index (χ1v) is 4.61. The average molecular weight is 201 g/mol. The minimum atomic E-state index is -0.503. The standard InChI is InChI=1S/C9H19N3O2/c1-9(2,10)6-8(14)12-5-4-7(13)11-3/h4-6,10H2,1-3H3,(H,11,13)(H,12,14). The second kappa shape index (κ2) is 5.59. The highest BCUT2D eigenvalue weighted by Gasteiger charge is 2.15. The molecule has 0 aromatic carbocycles. The predicted molar refractivity (Wildman–Crippen MR) is 54.6 cm³/mol. The van der Waals surface area contributed by atoms with Crippen molar-refractivity contribution < 1.29 is 9.59 Å². The highest BCUT2D eigenvalue weighted by atomic mass is 16.2. The molecule has 0 aliphatic carbocycles. The zero-order valence-corrected chi connectivity index (χ0v) is 9.02. The Morgan fingerprint density at radius 2 is 1.86 bits per heavy atom. The van der Waals surface area contributed by atoms with Crippen LogP contribution in [0.25, 0.3) is 0 Å². The van der Waals surface area contributed by atoms with Crippen molar-refractivity contribution in [3.8, 4) is 0 Å². The second-order valence-electron chi connectivity index (χ2n) is 3.94. The quantitative estimate of drug-likeness (QED) is 0.553. The third-order valence-electron chi connectivity index (χ3n) is 1.57. The molecule has 0 fully saturated rings. The van der Waals surface area contributed by atoms with Crippen LogP contribution in [0.4, 0.5) is 0 Å². The lowest BCUT2D eigenvalue weighted by molar-refractivity contribution is -0.122. The smallest absolute Gasteiger partial charge is 0.221 e. The van der Waals surface area contributed by atoms with Crippen LogP contribution < -0.4 is 16.4 Å². The first kappa shape index (κ1) is 12.9. The minimum Gasteiger partial charge on any atom is -0.359 e. The zero-order chi connectivity index (χ0) is 11.2. The van der Waals surface area contributed by atoms with E-state index >= 15 is 0 Å². The summed E-state index contributed by atoms with van der Waals surface area (Å²) in [6.45, 7) is 3.92. The Hall–Kier alpha value is -1.10. The Kier molecular flexibility index (Phi) is 5.15. The van der Waals surface area contributed by atoms with Gasteiger partial charge in [-0.1, -0.05) is 0 Å². The van der Waals surface area contributed by atoms with Crippen LogP contribution >= 0.6 is 0 Å². The van der Waals surface area contributed by atoms with Gasteiger partial charge in [0.1, 0.15) is 0 Å². The molecule has 4 N–H and O–H groups in total. The third-order valence-corrected chi connectivity index (χ3v) is 1.57. The van der Waals surface area contributed by atoms with Crippen LogP contribution in [0.15, 0.2) is 0 Å². The van der Waals surface area contributed by atoms with Crippen LogP contribution in [0.5, 0.6) is 0 Å². The van der Waals surface area contributed by atoms with Crippen molar-refractivity contribution in [2.24, 2.45) is 5.73 Å². The van der Waals surface area contributed by atoms with E-state index in [1.807, 2.05) is 0 Å². The van der Waals surface area contributed by atoms with E-state index < -0.39 is 5.54 Å². The third kappa shape index (κ3) is 7.54. The summed E-state index contributed by atoms with van der Waals surface area (Å²) in [6.07, 6.45) is 0.563. The number of nitrogens with two attached hydrogens (primary N) is 1. The average Bonchev–Trinajstić information content (AvgIpc) is 2.00. The molecular formula is C9H19N3O2. The number of carbonyl (C=O) groups is 2. The van der Waals surface area contributed by atoms with E-state index in [4.69, 9.17) is 5.73 Å². The van der Waals surface area contributed by atoms with Gasteiger partial charge in [-0.3, -0.25) is 9.59 Å². The molecule has 14 heavy (non-hydrogen) atoms. The van der Waals surface area contributed by atoms with E-state index in [-0.39, 0.29) is 18.2 Å². The van der Waals surface area contributed by atoms with E-state index in [1.54, 1.807) is 20.9 Å². The molecule has 0 rings (SSSR count). The number of nitrogens with one attached hydrogen (secondary N) is 2. The van der Waals surface area contributed by atoms with Gasteiger partial charge in [-0.25, -0.2) is 0 Å². The maximum absolute atomic E-state index is 11.2. The Balaban J connectivity index is 3.60. The van der Waals surface area contributed by atoms with Gasteiger partial charge in [0.25, 0.3) is 0 Å². The molecule has 0 aromatic heterocycles. The summed E-state index contributed by atoms with van der Waals surface area (Å²) in [4.78, 5) is 22.0. The van der Waals surface area contributed by atoms with Crippen LogP contribution in [0, 0.1) is 0 Å². The summed E-state index contributed by atoms with van der Waals surface area (Å²) < 4.78 is 0. The van der Waals surface area contributed by atoms with Gasteiger partial charge in [0, 0.05) is 32.0 Å². The fourth-order valence-electron chi connectivity index (χ4n) is 0.917. The molecule has 0 atom stereocenters. The molecule has 0 unspecified atom stereocenters. The SMILES string of the molecule is CNC(=O)CCNC(=O)CC(C)(C)N. The highest BCUT2D eigenvalue weighted by molar-refractivity contribution is 5.79. The molecule has 0 spiro atoms. The van der Waals surface area contributed by atoms with Crippen molar-refractivity contribution in [1.29, 1.82) is 0 Å². The van der Waals surface area contributed by atoms with E-state index in [9.17, 15) is 9.59 Å². The summed E-state index contributed by atoms with van der Waals surface area (Å²) in [6, 6.07) is 0. The van der Waals surface area contributed by atoms with Gasteiger partial charge in [-0.05, 0) is 13.8 Å². The topological polar surface area (TPSA) is 84.2 Å². The number of carbonyl (C=O) groups excluding carboxylic acids is 2. The van der Waals surface area contributed by atoms with Gasteiger partial charge in [0.05, 0.1) is 0 Å². The lowest BCUT2D eigenvalue weighted by atomic mass is 10.0. The summed E-state index contributed by atoms with van der Waals surface area (Å²) in [5, 5.41) is 5.10. The van der Waals surface area contributed by atoms with E-state index in [0.29, 0.717) is 13.0 Å². The zero-order valence-electron chi connectivity index (χ0n) is 9.02. The first-order valence-electron chi connectivity index (χ1n) is 4.61. The Bertz CT molecular complexity index is 209. The molecule has 5 nitrogen and oxygen atoms in total. The number of rotatable bonds is 5. The molecule has 0 saturated heterocycles. The fourth-order valence-corrected chi connectivity index (χ4v) is 0.917. The molecule has 5 heteroatoms. The molecule has 0 aliphatic heterocycles. The summed E-state index contributed by atoms with van der Waals surface area (Å²) >= 11 is 0. The van der Waals surface area contributed by atoms with E-state index in [0.717, 1.165) is 0 Å². The maximum Gasteiger partial charge on any atom is 0.221 e. The normalized spacial score (nSPS) is 10.9. The predicted octanol–water partition coefficient (Wildman–Crippen LogP) is -0.634. The fraction of sp³-hybridized carbons (Fsp3) is 0.778. The summed E-state index contributed by atoms with van der Waals surface area (Å²) in [7, 11) is 1.56. The number of hydrogen-bond donors (Lipinski definition) is 3. The lowest BCUT2D eigenvalue weighted by Gasteiger charge is -2.17. The Morgan fingerprint density at radius 1 is 1.29 bits per heavy atom. The van der Waals surface area contributed by atoms with Crippen LogP contribution in [0.2, 0.25) is 0 Å². The van der Waals surface area contributed by atoms with Crippen molar-refractivity contribution in [2.45, 2.75) is 32.2 Å². The van der Waals surface area contributed by atoms with E-state index in [1.165, 1.54) is 0 Å². The number of amides is 2. The summed E-state index contributed by atoms with van der Waals surface area (Å²) in [5.41, 5.74) is 5.15. The van der Waals surface area contributed by atoms with E-state index in [2.05, 4.69) is 10.6 Å².